The molecule has 1 unspecified atom stereocenters. The number of hydrogen-bond donors (Lipinski definition) is 1. The van der Waals surface area contributed by atoms with E-state index < -0.39 is 0 Å². The second-order valence-corrected chi connectivity index (χ2v) is 5.16. The van der Waals surface area contributed by atoms with Crippen LogP contribution in [0.2, 0.25) is 0 Å². The molecule has 0 aromatic carbocycles. The summed E-state index contributed by atoms with van der Waals surface area (Å²) in [4.78, 5) is 14.4. The standard InChI is InChI=1S/C13H24N2O2/c1-3-6-14-12-5-4-7-15(13(12)16)10-8-11(9-10)17-2/h10-12,14H,3-9H2,1-2H3. The number of nitrogens with one attached hydrogen (secondary N) is 1. The lowest BCUT2D eigenvalue weighted by molar-refractivity contribution is -0.144. The van der Waals surface area contributed by atoms with Gasteiger partial charge in [-0.3, -0.25) is 4.79 Å². The Balaban J connectivity index is 1.84. The molecule has 1 heterocycles. The predicted molar refractivity (Wildman–Crippen MR) is 66.8 cm³/mol. The molecule has 1 saturated carbocycles. The molecule has 1 atom stereocenters. The van der Waals surface area contributed by atoms with Gasteiger partial charge in [0.05, 0.1) is 12.1 Å². The van der Waals surface area contributed by atoms with Crippen molar-refractivity contribution in [3.63, 3.8) is 0 Å². The highest BCUT2D eigenvalue weighted by molar-refractivity contribution is 5.83. The average Bonchev–Trinajstić information content (AvgIpc) is 2.28. The summed E-state index contributed by atoms with van der Waals surface area (Å²) in [7, 11) is 1.75. The normalized spacial score (nSPS) is 33.6. The zero-order valence-electron chi connectivity index (χ0n) is 10.9. The molecule has 2 fully saturated rings. The van der Waals surface area contributed by atoms with Crippen molar-refractivity contribution < 1.29 is 9.53 Å². The molecule has 0 radical (unpaired) electrons. The van der Waals surface area contributed by atoms with Crippen molar-refractivity contribution in [2.75, 3.05) is 20.2 Å². The Labute approximate surface area is 104 Å². The zero-order chi connectivity index (χ0) is 12.3. The third-order valence-corrected chi connectivity index (χ3v) is 3.96. The first-order chi connectivity index (χ1) is 8.26. The Morgan fingerprint density at radius 2 is 2.24 bits per heavy atom. The van der Waals surface area contributed by atoms with E-state index in [0.29, 0.717) is 18.1 Å². The first kappa shape index (κ1) is 12.8. The molecule has 2 aliphatic rings. The van der Waals surface area contributed by atoms with Crippen LogP contribution in [-0.4, -0.2) is 49.2 Å². The van der Waals surface area contributed by atoms with Gasteiger partial charge in [0, 0.05) is 19.7 Å². The smallest absolute Gasteiger partial charge is 0.239 e. The van der Waals surface area contributed by atoms with Crippen LogP contribution in [0.1, 0.15) is 39.0 Å². The van der Waals surface area contributed by atoms with Crippen LogP contribution in [0.25, 0.3) is 0 Å². The first-order valence-electron chi connectivity index (χ1n) is 6.83. The molecule has 0 bridgehead atoms. The molecule has 98 valence electrons. The number of ether oxygens (including phenoxy) is 1. The summed E-state index contributed by atoms with van der Waals surface area (Å²) in [6, 6.07) is 0.490. The van der Waals surface area contributed by atoms with E-state index in [4.69, 9.17) is 4.74 Å². The summed E-state index contributed by atoms with van der Waals surface area (Å²) in [6.07, 6.45) is 5.61. The highest BCUT2D eigenvalue weighted by Gasteiger charge is 2.39. The van der Waals surface area contributed by atoms with E-state index in [9.17, 15) is 4.79 Å². The molecule has 4 heteroatoms. The minimum absolute atomic E-state index is 0.0605. The second-order valence-electron chi connectivity index (χ2n) is 5.16. The molecule has 4 nitrogen and oxygen atoms in total. The Hall–Kier alpha value is -0.610. The Bertz CT molecular complexity index is 264. The van der Waals surface area contributed by atoms with Crippen LogP contribution in [0.5, 0.6) is 0 Å². The summed E-state index contributed by atoms with van der Waals surface area (Å²) in [5.74, 6) is 0.309. The predicted octanol–water partition coefficient (Wildman–Crippen LogP) is 1.15. The van der Waals surface area contributed by atoms with Gasteiger partial charge in [-0.15, -0.1) is 0 Å². The minimum Gasteiger partial charge on any atom is -0.381 e. The van der Waals surface area contributed by atoms with Gasteiger partial charge in [0.2, 0.25) is 5.91 Å². The average molecular weight is 240 g/mol. The molecular weight excluding hydrogens is 216 g/mol. The lowest BCUT2D eigenvalue weighted by atomic mass is 9.86. The van der Waals surface area contributed by atoms with E-state index in [1.165, 1.54) is 0 Å². The van der Waals surface area contributed by atoms with Gasteiger partial charge in [-0.2, -0.15) is 0 Å². The fourth-order valence-electron chi connectivity index (χ4n) is 2.75. The first-order valence-corrected chi connectivity index (χ1v) is 6.83. The van der Waals surface area contributed by atoms with Crippen molar-refractivity contribution in [1.29, 1.82) is 0 Å². The van der Waals surface area contributed by atoms with Crippen LogP contribution < -0.4 is 5.32 Å². The molecule has 17 heavy (non-hydrogen) atoms. The maximum absolute atomic E-state index is 12.3. The van der Waals surface area contributed by atoms with Gasteiger partial charge in [-0.05, 0) is 38.6 Å². The monoisotopic (exact) mass is 240 g/mol. The summed E-state index contributed by atoms with van der Waals surface area (Å²) in [5.41, 5.74) is 0. The molecule has 1 amide bonds. The number of amides is 1. The SMILES string of the molecule is CCCNC1CCCN(C2CC(OC)C2)C1=O. The Morgan fingerprint density at radius 3 is 2.88 bits per heavy atom. The van der Waals surface area contributed by atoms with Gasteiger partial charge in [0.25, 0.3) is 0 Å². The van der Waals surface area contributed by atoms with E-state index in [-0.39, 0.29) is 6.04 Å². The van der Waals surface area contributed by atoms with Gasteiger partial charge in [-0.1, -0.05) is 6.92 Å². The largest absolute Gasteiger partial charge is 0.381 e. The van der Waals surface area contributed by atoms with Gasteiger partial charge in [0.1, 0.15) is 0 Å². The number of rotatable bonds is 5. The van der Waals surface area contributed by atoms with Gasteiger partial charge < -0.3 is 15.0 Å². The summed E-state index contributed by atoms with van der Waals surface area (Å²) < 4.78 is 5.28. The number of likely N-dealkylation sites (tertiary alicyclic amines) is 1. The third-order valence-electron chi connectivity index (χ3n) is 3.96. The Kier molecular flexibility index (Phi) is 4.40. The second kappa shape index (κ2) is 5.83. The van der Waals surface area contributed by atoms with E-state index in [0.717, 1.165) is 45.2 Å². The molecule has 1 saturated heterocycles. The van der Waals surface area contributed by atoms with Crippen LogP contribution in [0.15, 0.2) is 0 Å². The van der Waals surface area contributed by atoms with Crippen molar-refractivity contribution in [3.8, 4) is 0 Å². The molecule has 1 N–H and O–H groups in total. The number of carbonyl (C=O) groups excluding carboxylic acids is 1. The van der Waals surface area contributed by atoms with E-state index in [1.54, 1.807) is 7.11 Å². The fourth-order valence-corrected chi connectivity index (χ4v) is 2.75. The number of carbonyl (C=O) groups is 1. The van der Waals surface area contributed by atoms with Crippen molar-refractivity contribution in [1.82, 2.24) is 10.2 Å². The van der Waals surface area contributed by atoms with Gasteiger partial charge in [-0.25, -0.2) is 0 Å². The number of piperidine rings is 1. The van der Waals surface area contributed by atoms with Crippen molar-refractivity contribution in [2.24, 2.45) is 0 Å². The van der Waals surface area contributed by atoms with Crippen molar-refractivity contribution in [3.05, 3.63) is 0 Å². The maximum Gasteiger partial charge on any atom is 0.239 e. The maximum atomic E-state index is 12.3. The zero-order valence-corrected chi connectivity index (χ0v) is 10.9. The highest BCUT2D eigenvalue weighted by Crippen LogP contribution is 2.30. The van der Waals surface area contributed by atoms with Crippen LogP contribution >= 0.6 is 0 Å². The van der Waals surface area contributed by atoms with Crippen LogP contribution in [0, 0.1) is 0 Å². The topological polar surface area (TPSA) is 41.6 Å². The summed E-state index contributed by atoms with van der Waals surface area (Å²) >= 11 is 0. The molecule has 0 aromatic heterocycles. The molecule has 1 aliphatic heterocycles. The van der Waals surface area contributed by atoms with Crippen LogP contribution in [0.4, 0.5) is 0 Å². The van der Waals surface area contributed by atoms with Gasteiger partial charge in [0.15, 0.2) is 0 Å². The quantitative estimate of drug-likeness (QED) is 0.784. The lowest BCUT2D eigenvalue weighted by Gasteiger charge is -2.45. The third kappa shape index (κ3) is 2.80. The highest BCUT2D eigenvalue weighted by atomic mass is 16.5. The number of nitrogens with zero attached hydrogens (tertiary/aromatic N) is 1. The van der Waals surface area contributed by atoms with Crippen molar-refractivity contribution >= 4 is 5.91 Å². The van der Waals surface area contributed by atoms with E-state index in [2.05, 4.69) is 17.1 Å². The van der Waals surface area contributed by atoms with Gasteiger partial charge >= 0.3 is 0 Å². The Morgan fingerprint density at radius 1 is 1.47 bits per heavy atom. The lowest BCUT2D eigenvalue weighted by Crippen LogP contribution is -2.58. The van der Waals surface area contributed by atoms with Crippen molar-refractivity contribution in [2.45, 2.75) is 57.2 Å². The molecule has 1 aliphatic carbocycles. The number of hydrogen-bond acceptors (Lipinski definition) is 3. The van der Waals surface area contributed by atoms with Crippen LogP contribution in [-0.2, 0) is 9.53 Å². The van der Waals surface area contributed by atoms with Crippen LogP contribution in [0.3, 0.4) is 0 Å². The summed E-state index contributed by atoms with van der Waals surface area (Å²) in [6.45, 7) is 4.01. The molecule has 0 aromatic rings. The van der Waals surface area contributed by atoms with E-state index >= 15 is 0 Å². The minimum atomic E-state index is 0.0605. The molecular formula is C13H24N2O2. The molecule has 2 rings (SSSR count). The summed E-state index contributed by atoms with van der Waals surface area (Å²) in [5, 5.41) is 3.36. The van der Waals surface area contributed by atoms with E-state index in [1.807, 2.05) is 0 Å². The molecule has 0 spiro atoms. The number of methoxy groups -OCH3 is 1. The fraction of sp³-hybridized carbons (Fsp3) is 0.923.